The van der Waals surface area contributed by atoms with E-state index in [0.29, 0.717) is 23.8 Å². The van der Waals surface area contributed by atoms with Gasteiger partial charge in [0.1, 0.15) is 17.4 Å². The molecule has 1 aliphatic rings. The molecule has 2 heterocycles. The predicted molar refractivity (Wildman–Crippen MR) is 59.0 cm³/mol. The fourth-order valence-electron chi connectivity index (χ4n) is 1.95. The Morgan fingerprint density at radius 1 is 1.50 bits per heavy atom. The summed E-state index contributed by atoms with van der Waals surface area (Å²) in [4.78, 5) is 13.4. The van der Waals surface area contributed by atoms with Crippen molar-refractivity contribution in [1.82, 2.24) is 0 Å². The number of aryl methyl sites for hydroxylation is 1. The van der Waals surface area contributed by atoms with Crippen LogP contribution in [0.2, 0.25) is 0 Å². The second-order valence-corrected chi connectivity index (χ2v) is 4.25. The van der Waals surface area contributed by atoms with E-state index in [-0.39, 0.29) is 11.8 Å². The van der Waals surface area contributed by atoms with Crippen molar-refractivity contribution in [2.24, 2.45) is 5.92 Å². The first-order chi connectivity index (χ1) is 7.56. The molecule has 84 valence electrons. The first-order valence-corrected chi connectivity index (χ1v) is 5.37. The first kappa shape index (κ1) is 10.7. The summed E-state index contributed by atoms with van der Waals surface area (Å²) in [5.41, 5.74) is 1.31. The van der Waals surface area contributed by atoms with Gasteiger partial charge in [0.25, 0.3) is 0 Å². The van der Waals surface area contributed by atoms with Crippen molar-refractivity contribution in [3.8, 4) is 6.07 Å². The molecule has 0 aromatic carbocycles. The van der Waals surface area contributed by atoms with E-state index in [1.807, 2.05) is 20.8 Å². The number of carbonyl (C=O) groups is 1. The van der Waals surface area contributed by atoms with E-state index >= 15 is 0 Å². The van der Waals surface area contributed by atoms with E-state index in [1.54, 1.807) is 4.90 Å². The highest BCUT2D eigenvalue weighted by atomic mass is 16.4. The van der Waals surface area contributed by atoms with E-state index < -0.39 is 0 Å². The quantitative estimate of drug-likeness (QED) is 0.725. The monoisotopic (exact) mass is 218 g/mol. The van der Waals surface area contributed by atoms with Crippen LogP contribution in [0, 0.1) is 31.1 Å². The van der Waals surface area contributed by atoms with Crippen molar-refractivity contribution < 1.29 is 9.21 Å². The lowest BCUT2D eigenvalue weighted by Gasteiger charge is -2.12. The minimum Gasteiger partial charge on any atom is -0.444 e. The maximum atomic E-state index is 11.9. The molecule has 1 fully saturated rings. The van der Waals surface area contributed by atoms with Gasteiger partial charge in [0.2, 0.25) is 11.8 Å². The SMILES string of the molecule is Cc1oc(N2CCC(C)C2=O)c(C#N)c1C. The fourth-order valence-corrected chi connectivity index (χ4v) is 1.95. The van der Waals surface area contributed by atoms with Gasteiger partial charge >= 0.3 is 0 Å². The largest absolute Gasteiger partial charge is 0.444 e. The van der Waals surface area contributed by atoms with Gasteiger partial charge in [0.05, 0.1) is 0 Å². The van der Waals surface area contributed by atoms with Gasteiger partial charge in [0, 0.05) is 18.0 Å². The van der Waals surface area contributed by atoms with E-state index in [9.17, 15) is 4.79 Å². The highest BCUT2D eigenvalue weighted by molar-refractivity contribution is 5.96. The molecular weight excluding hydrogens is 204 g/mol. The number of hydrogen-bond donors (Lipinski definition) is 0. The summed E-state index contributed by atoms with van der Waals surface area (Å²) >= 11 is 0. The number of amides is 1. The third-order valence-corrected chi connectivity index (χ3v) is 3.20. The summed E-state index contributed by atoms with van der Waals surface area (Å²) in [5, 5.41) is 9.08. The normalized spacial score (nSPS) is 20.2. The molecule has 1 unspecified atom stereocenters. The van der Waals surface area contributed by atoms with E-state index in [4.69, 9.17) is 9.68 Å². The smallest absolute Gasteiger partial charge is 0.232 e. The van der Waals surface area contributed by atoms with Crippen molar-refractivity contribution in [1.29, 1.82) is 5.26 Å². The molecule has 1 aromatic heterocycles. The number of furan rings is 1. The molecule has 1 saturated heterocycles. The molecule has 0 bridgehead atoms. The van der Waals surface area contributed by atoms with Crippen molar-refractivity contribution in [3.63, 3.8) is 0 Å². The van der Waals surface area contributed by atoms with Gasteiger partial charge in [-0.15, -0.1) is 0 Å². The van der Waals surface area contributed by atoms with E-state index in [0.717, 1.165) is 12.0 Å². The average Bonchev–Trinajstić information content (AvgIpc) is 2.72. The van der Waals surface area contributed by atoms with Crippen LogP contribution in [-0.4, -0.2) is 12.5 Å². The molecule has 1 aliphatic heterocycles. The second-order valence-electron chi connectivity index (χ2n) is 4.25. The molecule has 0 radical (unpaired) electrons. The molecule has 0 N–H and O–H groups in total. The van der Waals surface area contributed by atoms with Crippen molar-refractivity contribution in [2.45, 2.75) is 27.2 Å². The van der Waals surface area contributed by atoms with Crippen molar-refractivity contribution in [3.05, 3.63) is 16.9 Å². The van der Waals surface area contributed by atoms with Crippen LogP contribution in [0.15, 0.2) is 4.42 Å². The number of anilines is 1. The molecule has 16 heavy (non-hydrogen) atoms. The van der Waals surface area contributed by atoms with Crippen LogP contribution in [0.5, 0.6) is 0 Å². The Balaban J connectivity index is 2.46. The van der Waals surface area contributed by atoms with Crippen LogP contribution < -0.4 is 4.90 Å². The number of nitrogens with zero attached hydrogens (tertiary/aromatic N) is 2. The summed E-state index contributed by atoms with van der Waals surface area (Å²) in [6.45, 7) is 6.19. The topological polar surface area (TPSA) is 57.2 Å². The molecule has 0 saturated carbocycles. The van der Waals surface area contributed by atoms with Gasteiger partial charge in [-0.05, 0) is 20.3 Å². The molecule has 4 nitrogen and oxygen atoms in total. The Hall–Kier alpha value is -1.76. The van der Waals surface area contributed by atoms with Gasteiger partial charge in [0.15, 0.2) is 0 Å². The third kappa shape index (κ3) is 1.40. The molecule has 4 heteroatoms. The van der Waals surface area contributed by atoms with E-state index in [1.165, 1.54) is 0 Å². The summed E-state index contributed by atoms with van der Waals surface area (Å²) in [5.74, 6) is 1.20. The minimum absolute atomic E-state index is 0.0252. The Labute approximate surface area is 94.5 Å². The summed E-state index contributed by atoms with van der Waals surface area (Å²) in [7, 11) is 0. The number of hydrogen-bond acceptors (Lipinski definition) is 3. The molecule has 1 atom stereocenters. The highest BCUT2D eigenvalue weighted by Gasteiger charge is 2.33. The molecule has 1 amide bonds. The number of nitriles is 1. The van der Waals surface area contributed by atoms with Crippen LogP contribution in [0.25, 0.3) is 0 Å². The van der Waals surface area contributed by atoms with Crippen LogP contribution >= 0.6 is 0 Å². The number of carbonyl (C=O) groups excluding carboxylic acids is 1. The standard InChI is InChI=1S/C12H14N2O2/c1-7-4-5-14(11(7)15)12-10(6-13)8(2)9(3)16-12/h7H,4-5H2,1-3H3. The highest BCUT2D eigenvalue weighted by Crippen LogP contribution is 2.32. The molecule has 2 rings (SSSR count). The molecule has 1 aromatic rings. The van der Waals surface area contributed by atoms with Crippen LogP contribution in [0.3, 0.4) is 0 Å². The Morgan fingerprint density at radius 3 is 2.69 bits per heavy atom. The van der Waals surface area contributed by atoms with Gasteiger partial charge < -0.3 is 4.42 Å². The summed E-state index contributed by atoms with van der Waals surface area (Å²) in [6.07, 6.45) is 0.822. The average molecular weight is 218 g/mol. The Bertz CT molecular complexity index is 482. The third-order valence-electron chi connectivity index (χ3n) is 3.20. The predicted octanol–water partition coefficient (Wildman–Crippen LogP) is 2.14. The van der Waals surface area contributed by atoms with Crippen molar-refractivity contribution in [2.75, 3.05) is 11.4 Å². The van der Waals surface area contributed by atoms with Crippen LogP contribution in [-0.2, 0) is 4.79 Å². The van der Waals surface area contributed by atoms with Crippen molar-refractivity contribution >= 4 is 11.8 Å². The van der Waals surface area contributed by atoms with Crippen LogP contribution in [0.1, 0.15) is 30.2 Å². The zero-order valence-corrected chi connectivity index (χ0v) is 9.70. The maximum Gasteiger partial charge on any atom is 0.232 e. The maximum absolute atomic E-state index is 11.9. The second kappa shape index (κ2) is 3.67. The van der Waals surface area contributed by atoms with Gasteiger partial charge in [-0.3, -0.25) is 9.69 Å². The molecule has 0 spiro atoms. The van der Waals surface area contributed by atoms with Gasteiger partial charge in [-0.1, -0.05) is 6.92 Å². The summed E-state index contributed by atoms with van der Waals surface area (Å²) in [6, 6.07) is 2.11. The first-order valence-electron chi connectivity index (χ1n) is 5.37. The Kier molecular flexibility index (Phi) is 2.47. The Morgan fingerprint density at radius 2 is 2.19 bits per heavy atom. The van der Waals surface area contributed by atoms with Gasteiger partial charge in [-0.2, -0.15) is 5.26 Å². The zero-order valence-electron chi connectivity index (χ0n) is 9.70. The van der Waals surface area contributed by atoms with E-state index in [2.05, 4.69) is 6.07 Å². The lowest BCUT2D eigenvalue weighted by atomic mass is 10.1. The minimum atomic E-state index is 0.0252. The molecule has 0 aliphatic carbocycles. The molecular formula is C12H14N2O2. The number of rotatable bonds is 1. The van der Waals surface area contributed by atoms with Gasteiger partial charge in [-0.25, -0.2) is 0 Å². The summed E-state index contributed by atoms with van der Waals surface area (Å²) < 4.78 is 5.52. The van der Waals surface area contributed by atoms with Crippen LogP contribution in [0.4, 0.5) is 5.88 Å². The lowest BCUT2D eigenvalue weighted by Crippen LogP contribution is -2.26. The zero-order chi connectivity index (χ0) is 11.9. The fraction of sp³-hybridized carbons (Fsp3) is 0.500. The lowest BCUT2D eigenvalue weighted by molar-refractivity contribution is -0.120.